The SMILES string of the molecule is c1ccc(COC2=C([PH](c3ccccc3)(c3ccccc3)c3ccccc3)CCCCC2)cc1. The average molecular weight is 465 g/mol. The molecule has 5 rings (SSSR count). The fourth-order valence-electron chi connectivity index (χ4n) is 5.44. The molecule has 34 heavy (non-hydrogen) atoms. The standard InChI is InChI=1S/C32H33OP/c1-6-16-27(17-7-1)26-33-31-24-14-5-15-25-32(31)34(28-18-8-2-9-19-28,29-20-10-3-11-21-29)30-22-12-4-13-23-30/h1-4,6-13,16-23,34H,5,14-15,24-26H2. The summed E-state index contributed by atoms with van der Waals surface area (Å²) in [6.07, 6.45) is 5.77. The van der Waals surface area contributed by atoms with Gasteiger partial charge in [0.25, 0.3) is 0 Å². The summed E-state index contributed by atoms with van der Waals surface area (Å²) in [4.78, 5) is 0. The van der Waals surface area contributed by atoms with Crippen molar-refractivity contribution in [2.24, 2.45) is 0 Å². The maximum atomic E-state index is 6.75. The Hall–Kier alpha value is -3.15. The Morgan fingerprint density at radius 1 is 0.500 bits per heavy atom. The predicted molar refractivity (Wildman–Crippen MR) is 148 cm³/mol. The van der Waals surface area contributed by atoms with Crippen LogP contribution in [0.2, 0.25) is 0 Å². The third-order valence-corrected chi connectivity index (χ3v) is 12.0. The van der Waals surface area contributed by atoms with E-state index < -0.39 is 7.26 Å². The molecule has 2 heteroatoms. The Balaban J connectivity index is 1.76. The van der Waals surface area contributed by atoms with Gasteiger partial charge in [0, 0.05) is 0 Å². The molecule has 0 unspecified atom stereocenters. The van der Waals surface area contributed by atoms with Gasteiger partial charge in [0.2, 0.25) is 0 Å². The zero-order valence-electron chi connectivity index (χ0n) is 19.7. The molecule has 0 atom stereocenters. The van der Waals surface area contributed by atoms with Crippen LogP contribution in [0.1, 0.15) is 37.7 Å². The third kappa shape index (κ3) is 4.59. The maximum absolute atomic E-state index is 6.75. The number of benzene rings is 4. The van der Waals surface area contributed by atoms with Crippen LogP contribution in [-0.2, 0) is 11.3 Å². The van der Waals surface area contributed by atoms with Gasteiger partial charge in [-0.2, -0.15) is 0 Å². The van der Waals surface area contributed by atoms with Gasteiger partial charge in [-0.15, -0.1) is 0 Å². The second-order valence-corrected chi connectivity index (χ2v) is 12.9. The molecule has 0 heterocycles. The van der Waals surface area contributed by atoms with Crippen LogP contribution >= 0.6 is 7.26 Å². The fourth-order valence-corrected chi connectivity index (χ4v) is 10.7. The number of hydrogen-bond donors (Lipinski definition) is 0. The normalized spacial score (nSPS) is 14.9. The van der Waals surface area contributed by atoms with Gasteiger partial charge in [0.15, 0.2) is 0 Å². The van der Waals surface area contributed by atoms with Crippen molar-refractivity contribution >= 4 is 23.2 Å². The van der Waals surface area contributed by atoms with E-state index in [-0.39, 0.29) is 0 Å². The van der Waals surface area contributed by atoms with Crippen molar-refractivity contribution in [2.75, 3.05) is 0 Å². The first-order valence-electron chi connectivity index (χ1n) is 12.4. The molecule has 0 bridgehead atoms. The summed E-state index contributed by atoms with van der Waals surface area (Å²) in [5.41, 5.74) is 1.23. The van der Waals surface area contributed by atoms with E-state index in [1.165, 1.54) is 46.5 Å². The summed E-state index contributed by atoms with van der Waals surface area (Å²) in [6, 6.07) is 44.2. The molecular formula is C32H33OP. The molecular weight excluding hydrogens is 431 g/mol. The van der Waals surface area contributed by atoms with Crippen molar-refractivity contribution in [2.45, 2.75) is 38.7 Å². The van der Waals surface area contributed by atoms with Gasteiger partial charge >= 0.3 is 205 Å². The predicted octanol–water partition coefficient (Wildman–Crippen LogP) is 7.11. The molecule has 4 aromatic rings. The quantitative estimate of drug-likeness (QED) is 0.265. The molecule has 0 amide bonds. The van der Waals surface area contributed by atoms with E-state index in [9.17, 15) is 0 Å². The van der Waals surface area contributed by atoms with Gasteiger partial charge < -0.3 is 0 Å². The van der Waals surface area contributed by atoms with Gasteiger partial charge in [-0.25, -0.2) is 0 Å². The van der Waals surface area contributed by atoms with Crippen LogP contribution in [-0.4, -0.2) is 0 Å². The molecule has 0 radical (unpaired) electrons. The van der Waals surface area contributed by atoms with Crippen LogP contribution in [0.5, 0.6) is 0 Å². The zero-order valence-corrected chi connectivity index (χ0v) is 20.7. The Kier molecular flexibility index (Phi) is 7.22. The van der Waals surface area contributed by atoms with Crippen molar-refractivity contribution in [3.05, 3.63) is 138 Å². The van der Waals surface area contributed by atoms with Gasteiger partial charge in [-0.1, -0.05) is 0 Å². The van der Waals surface area contributed by atoms with Gasteiger partial charge in [-0.3, -0.25) is 0 Å². The molecule has 1 aliphatic rings. The van der Waals surface area contributed by atoms with Crippen LogP contribution in [0, 0.1) is 0 Å². The zero-order chi connectivity index (χ0) is 23.1. The molecule has 0 aliphatic heterocycles. The first-order chi connectivity index (χ1) is 16.9. The van der Waals surface area contributed by atoms with Crippen molar-refractivity contribution in [3.63, 3.8) is 0 Å². The molecule has 0 N–H and O–H groups in total. The summed E-state index contributed by atoms with van der Waals surface area (Å²) in [6.45, 7) is 0.628. The van der Waals surface area contributed by atoms with Crippen LogP contribution in [0.25, 0.3) is 0 Å². The van der Waals surface area contributed by atoms with Crippen LogP contribution in [0.4, 0.5) is 0 Å². The molecule has 0 spiro atoms. The monoisotopic (exact) mass is 464 g/mol. The number of rotatable bonds is 7. The van der Waals surface area contributed by atoms with E-state index in [0.29, 0.717) is 6.61 Å². The molecule has 0 aromatic heterocycles. The molecule has 0 fully saturated rings. The van der Waals surface area contributed by atoms with Gasteiger partial charge in [0.05, 0.1) is 0 Å². The molecule has 0 saturated carbocycles. The Labute approximate surface area is 204 Å². The molecule has 172 valence electrons. The summed E-state index contributed by atoms with van der Waals surface area (Å²) >= 11 is 0. The minimum absolute atomic E-state index is 0.628. The van der Waals surface area contributed by atoms with Crippen LogP contribution < -0.4 is 15.9 Å². The number of ether oxygens (including phenoxy) is 1. The second kappa shape index (κ2) is 10.9. The van der Waals surface area contributed by atoms with Crippen LogP contribution in [0.15, 0.2) is 132 Å². The number of allylic oxidation sites excluding steroid dienone is 2. The Bertz CT molecular complexity index is 1100. The van der Waals surface area contributed by atoms with E-state index in [0.717, 1.165) is 12.8 Å². The van der Waals surface area contributed by atoms with Crippen LogP contribution in [0.3, 0.4) is 0 Å². The average Bonchev–Trinajstić information content (AvgIpc) is 3.16. The van der Waals surface area contributed by atoms with Crippen molar-refractivity contribution in [1.82, 2.24) is 0 Å². The fraction of sp³-hybridized carbons (Fsp3) is 0.188. The molecule has 4 aromatic carbocycles. The van der Waals surface area contributed by atoms with E-state index in [1.54, 1.807) is 5.31 Å². The topological polar surface area (TPSA) is 9.23 Å². The summed E-state index contributed by atoms with van der Waals surface area (Å²) < 4.78 is 6.75. The molecule has 1 nitrogen and oxygen atoms in total. The van der Waals surface area contributed by atoms with Crippen molar-refractivity contribution in [3.8, 4) is 0 Å². The molecule has 0 saturated heterocycles. The third-order valence-electron chi connectivity index (χ3n) is 7.00. The minimum atomic E-state index is -2.50. The summed E-state index contributed by atoms with van der Waals surface area (Å²) in [5.74, 6) is 1.23. The Morgan fingerprint density at radius 3 is 1.44 bits per heavy atom. The first-order valence-corrected chi connectivity index (χ1v) is 14.4. The second-order valence-electron chi connectivity index (χ2n) is 9.08. The number of hydrogen-bond acceptors (Lipinski definition) is 1. The van der Waals surface area contributed by atoms with Gasteiger partial charge in [0.1, 0.15) is 0 Å². The van der Waals surface area contributed by atoms with Crippen molar-refractivity contribution < 1.29 is 4.74 Å². The van der Waals surface area contributed by atoms with E-state index in [1.807, 2.05) is 0 Å². The Morgan fingerprint density at radius 2 is 0.941 bits per heavy atom. The molecule has 1 aliphatic carbocycles. The van der Waals surface area contributed by atoms with E-state index in [2.05, 4.69) is 121 Å². The van der Waals surface area contributed by atoms with E-state index >= 15 is 0 Å². The van der Waals surface area contributed by atoms with E-state index in [4.69, 9.17) is 4.74 Å². The summed E-state index contributed by atoms with van der Waals surface area (Å²) in [5, 5.41) is 5.85. The summed E-state index contributed by atoms with van der Waals surface area (Å²) in [7, 11) is -2.50. The van der Waals surface area contributed by atoms with Gasteiger partial charge in [-0.05, 0) is 0 Å². The first kappa shape index (κ1) is 22.6. The van der Waals surface area contributed by atoms with Crippen molar-refractivity contribution in [1.29, 1.82) is 0 Å².